The summed E-state index contributed by atoms with van der Waals surface area (Å²) in [6.07, 6.45) is 3.23. The Bertz CT molecular complexity index is 927. The molecule has 148 valence electrons. The molecule has 0 radical (unpaired) electrons. The molecule has 0 aliphatic heterocycles. The zero-order valence-corrected chi connectivity index (χ0v) is 16.1. The number of rotatable bonds is 5. The normalized spacial score (nSPS) is 27.6. The van der Waals surface area contributed by atoms with Gasteiger partial charge in [0.1, 0.15) is 5.82 Å². The van der Waals surface area contributed by atoms with Crippen molar-refractivity contribution >= 4 is 11.8 Å². The van der Waals surface area contributed by atoms with Gasteiger partial charge < -0.3 is 15.2 Å². The van der Waals surface area contributed by atoms with Crippen LogP contribution in [0.1, 0.15) is 66.4 Å². The van der Waals surface area contributed by atoms with Gasteiger partial charge in [-0.1, -0.05) is 12.1 Å². The van der Waals surface area contributed by atoms with Crippen molar-refractivity contribution in [2.75, 3.05) is 0 Å². The molecule has 2 N–H and O–H groups in total. The molecule has 1 aromatic heterocycles. The number of benzene rings is 1. The summed E-state index contributed by atoms with van der Waals surface area (Å²) in [4.78, 5) is 28.9. The molecule has 1 aromatic carbocycles. The molecule has 0 atom stereocenters. The van der Waals surface area contributed by atoms with Gasteiger partial charge in [0, 0.05) is 16.6 Å². The number of carbonyl (C=O) groups excluding carboxylic acids is 2. The smallest absolute Gasteiger partial charge is 0.315 e. The van der Waals surface area contributed by atoms with E-state index in [-0.39, 0.29) is 34.5 Å². The van der Waals surface area contributed by atoms with E-state index in [1.807, 2.05) is 6.92 Å². The molecule has 0 saturated heterocycles. The summed E-state index contributed by atoms with van der Waals surface area (Å²) in [5.74, 6) is -0.582. The first-order valence-electron chi connectivity index (χ1n) is 9.35. The number of hydrogen-bond acceptors (Lipinski definition) is 5. The van der Waals surface area contributed by atoms with Crippen LogP contribution in [0.15, 0.2) is 28.8 Å². The number of halogens is 1. The molecule has 4 rings (SSSR count). The first-order chi connectivity index (χ1) is 13.1. The highest BCUT2D eigenvalue weighted by Crippen LogP contribution is 2.63. The van der Waals surface area contributed by atoms with Gasteiger partial charge in [-0.05, 0) is 69.2 Å². The number of hydrogen-bond donors (Lipinski definition) is 2. The van der Waals surface area contributed by atoms with Gasteiger partial charge in [0.05, 0.1) is 0 Å². The Labute approximate surface area is 162 Å². The van der Waals surface area contributed by atoms with Gasteiger partial charge in [0.2, 0.25) is 0 Å². The SMILES string of the molecule is Cc1noc(C(=O)NC2(C)CC(C)(C3(NC(=O)c4ccc(F)cc4)CC3)C2)n1. The summed E-state index contributed by atoms with van der Waals surface area (Å²) in [6.45, 7) is 5.77. The Morgan fingerprint density at radius 1 is 1.07 bits per heavy atom. The average Bonchev–Trinajstić information content (AvgIpc) is 3.26. The van der Waals surface area contributed by atoms with Crippen LogP contribution < -0.4 is 10.6 Å². The van der Waals surface area contributed by atoms with Crippen LogP contribution in [0.3, 0.4) is 0 Å². The topological polar surface area (TPSA) is 97.1 Å². The molecule has 7 nitrogen and oxygen atoms in total. The van der Waals surface area contributed by atoms with Crippen molar-refractivity contribution in [3.8, 4) is 0 Å². The Hall–Kier alpha value is -2.77. The molecule has 2 fully saturated rings. The van der Waals surface area contributed by atoms with Crippen LogP contribution in [0.25, 0.3) is 0 Å². The molecule has 28 heavy (non-hydrogen) atoms. The van der Waals surface area contributed by atoms with Crippen molar-refractivity contribution in [3.63, 3.8) is 0 Å². The van der Waals surface area contributed by atoms with Gasteiger partial charge >= 0.3 is 11.8 Å². The Kier molecular flexibility index (Phi) is 4.06. The molecular weight excluding hydrogens is 363 g/mol. The highest BCUT2D eigenvalue weighted by atomic mass is 19.1. The minimum Gasteiger partial charge on any atom is -0.346 e. The van der Waals surface area contributed by atoms with Gasteiger partial charge in [0.15, 0.2) is 5.82 Å². The minimum atomic E-state index is -0.398. The zero-order valence-electron chi connectivity index (χ0n) is 16.1. The zero-order chi connectivity index (χ0) is 20.2. The highest BCUT2D eigenvalue weighted by Gasteiger charge is 2.66. The fraction of sp³-hybridized carbons (Fsp3) is 0.500. The Morgan fingerprint density at radius 3 is 2.25 bits per heavy atom. The lowest BCUT2D eigenvalue weighted by Crippen LogP contribution is -2.66. The number of nitrogens with one attached hydrogen (secondary N) is 2. The second-order valence-electron chi connectivity index (χ2n) is 8.62. The molecular formula is C20H23FN4O3. The summed E-state index contributed by atoms with van der Waals surface area (Å²) in [5.41, 5.74) is -0.373. The van der Waals surface area contributed by atoms with Crippen LogP contribution in [0.4, 0.5) is 4.39 Å². The van der Waals surface area contributed by atoms with E-state index in [0.29, 0.717) is 11.4 Å². The van der Waals surface area contributed by atoms with Gasteiger partial charge in [-0.2, -0.15) is 4.98 Å². The van der Waals surface area contributed by atoms with Crippen LogP contribution in [0.2, 0.25) is 0 Å². The van der Waals surface area contributed by atoms with E-state index in [2.05, 4.69) is 27.7 Å². The number of aromatic nitrogens is 2. The number of carbonyl (C=O) groups is 2. The van der Waals surface area contributed by atoms with Crippen LogP contribution in [0.5, 0.6) is 0 Å². The summed E-state index contributed by atoms with van der Waals surface area (Å²) in [5, 5.41) is 9.77. The highest BCUT2D eigenvalue weighted by molar-refractivity contribution is 5.95. The van der Waals surface area contributed by atoms with Gasteiger partial charge in [0.25, 0.3) is 5.91 Å². The van der Waals surface area contributed by atoms with Gasteiger partial charge in [-0.3, -0.25) is 9.59 Å². The third kappa shape index (κ3) is 3.16. The second kappa shape index (κ2) is 6.12. The lowest BCUT2D eigenvalue weighted by molar-refractivity contribution is -0.0121. The van der Waals surface area contributed by atoms with Crippen molar-refractivity contribution in [2.24, 2.45) is 5.41 Å². The first kappa shape index (κ1) is 18.6. The lowest BCUT2D eigenvalue weighted by Gasteiger charge is -2.57. The van der Waals surface area contributed by atoms with E-state index < -0.39 is 5.54 Å². The van der Waals surface area contributed by atoms with Crippen molar-refractivity contribution in [3.05, 3.63) is 47.4 Å². The van der Waals surface area contributed by atoms with Crippen LogP contribution in [0, 0.1) is 18.2 Å². The van der Waals surface area contributed by atoms with Crippen LogP contribution in [-0.2, 0) is 0 Å². The standard InChI is InChI=1S/C20H23FN4O3/c1-12-22-17(28-25-12)16(27)23-19(3)10-18(2,11-19)20(8-9-20)24-15(26)13-4-6-14(21)7-5-13/h4-7H,8-11H2,1-3H3,(H,23,27)(H,24,26). The third-order valence-electron chi connectivity index (χ3n) is 6.06. The van der Waals surface area contributed by atoms with E-state index in [0.717, 1.165) is 25.7 Å². The molecule has 2 amide bonds. The van der Waals surface area contributed by atoms with Crippen molar-refractivity contribution in [1.29, 1.82) is 0 Å². The molecule has 0 bridgehead atoms. The van der Waals surface area contributed by atoms with Crippen LogP contribution >= 0.6 is 0 Å². The van der Waals surface area contributed by atoms with E-state index in [1.165, 1.54) is 24.3 Å². The minimum absolute atomic E-state index is 0.0434. The number of nitrogens with zero attached hydrogens (tertiary/aromatic N) is 2. The number of amides is 2. The molecule has 8 heteroatoms. The quantitative estimate of drug-likeness (QED) is 0.824. The van der Waals surface area contributed by atoms with Crippen molar-refractivity contribution in [1.82, 2.24) is 20.8 Å². The van der Waals surface area contributed by atoms with E-state index >= 15 is 0 Å². The molecule has 2 aliphatic carbocycles. The van der Waals surface area contributed by atoms with Gasteiger partial charge in [-0.25, -0.2) is 4.39 Å². The molecule has 1 heterocycles. The Morgan fingerprint density at radius 2 is 1.71 bits per heavy atom. The first-order valence-corrected chi connectivity index (χ1v) is 9.35. The maximum Gasteiger partial charge on any atom is 0.315 e. The third-order valence-corrected chi connectivity index (χ3v) is 6.06. The molecule has 2 saturated carbocycles. The summed E-state index contributed by atoms with van der Waals surface area (Å²) in [7, 11) is 0. The predicted molar refractivity (Wildman–Crippen MR) is 98.1 cm³/mol. The second-order valence-corrected chi connectivity index (χ2v) is 8.62. The fourth-order valence-corrected chi connectivity index (χ4v) is 4.71. The summed E-state index contributed by atoms with van der Waals surface area (Å²) >= 11 is 0. The summed E-state index contributed by atoms with van der Waals surface area (Å²) in [6, 6.07) is 5.54. The monoisotopic (exact) mass is 386 g/mol. The summed E-state index contributed by atoms with van der Waals surface area (Å²) < 4.78 is 18.0. The Balaban J connectivity index is 1.40. The predicted octanol–water partition coefficient (Wildman–Crippen LogP) is 2.77. The maximum absolute atomic E-state index is 13.1. The largest absolute Gasteiger partial charge is 0.346 e. The molecule has 2 aliphatic rings. The fourth-order valence-electron chi connectivity index (χ4n) is 4.71. The van der Waals surface area contributed by atoms with Crippen LogP contribution in [-0.4, -0.2) is 33.0 Å². The maximum atomic E-state index is 13.1. The van der Waals surface area contributed by atoms with Crippen molar-refractivity contribution in [2.45, 2.75) is 57.5 Å². The number of aryl methyl sites for hydroxylation is 1. The molecule has 0 unspecified atom stereocenters. The lowest BCUT2D eigenvalue weighted by atomic mass is 9.54. The van der Waals surface area contributed by atoms with E-state index in [1.54, 1.807) is 6.92 Å². The van der Waals surface area contributed by atoms with Crippen molar-refractivity contribution < 1.29 is 18.5 Å². The molecule has 0 spiro atoms. The van der Waals surface area contributed by atoms with E-state index in [4.69, 9.17) is 4.52 Å². The average molecular weight is 386 g/mol. The van der Waals surface area contributed by atoms with E-state index in [9.17, 15) is 14.0 Å². The molecule has 2 aromatic rings. The van der Waals surface area contributed by atoms with Gasteiger partial charge in [-0.15, -0.1) is 0 Å².